The fourth-order valence-corrected chi connectivity index (χ4v) is 2.11. The maximum absolute atomic E-state index is 11.8. The number of carboxylic acid groups (broad SMARTS) is 1. The Morgan fingerprint density at radius 2 is 2.33 bits per heavy atom. The zero-order valence-electron chi connectivity index (χ0n) is 10.2. The summed E-state index contributed by atoms with van der Waals surface area (Å²) in [7, 11) is 1.67. The summed E-state index contributed by atoms with van der Waals surface area (Å²) < 4.78 is 0. The number of nitrogens with one attached hydrogen (secondary N) is 1. The molecular weight excluding hydrogens is 252 g/mol. The van der Waals surface area contributed by atoms with Crippen molar-refractivity contribution >= 4 is 28.3 Å². The van der Waals surface area contributed by atoms with E-state index in [9.17, 15) is 9.59 Å². The summed E-state index contributed by atoms with van der Waals surface area (Å²) >= 11 is 1.20. The molecule has 0 aliphatic heterocycles. The van der Waals surface area contributed by atoms with Crippen molar-refractivity contribution in [1.29, 1.82) is 0 Å². The molecule has 0 aliphatic rings. The van der Waals surface area contributed by atoms with E-state index in [1.54, 1.807) is 18.5 Å². The third kappa shape index (κ3) is 3.89. The number of anilines is 1. The van der Waals surface area contributed by atoms with Gasteiger partial charge >= 0.3 is 12.0 Å². The van der Waals surface area contributed by atoms with Crippen LogP contribution in [0.2, 0.25) is 0 Å². The van der Waals surface area contributed by atoms with Gasteiger partial charge in [-0.2, -0.15) is 0 Å². The third-order valence-electron chi connectivity index (χ3n) is 2.36. The number of amides is 2. The Morgan fingerprint density at radius 1 is 1.61 bits per heavy atom. The standard InChI is InChI=1S/C12H16N2O3S/c1-3-4-5-7-14(2)12(17)13-10-9(11(15)16)6-8-18-10/h3,6,8H,1,4-5,7H2,2H3,(H,13,17)(H,15,16). The van der Waals surface area contributed by atoms with Crippen LogP contribution in [0.5, 0.6) is 0 Å². The summed E-state index contributed by atoms with van der Waals surface area (Å²) in [6.07, 6.45) is 3.48. The molecule has 1 rings (SSSR count). The molecule has 6 heteroatoms. The lowest BCUT2D eigenvalue weighted by Gasteiger charge is -2.17. The van der Waals surface area contributed by atoms with Crippen LogP contribution in [0, 0.1) is 0 Å². The van der Waals surface area contributed by atoms with Gasteiger partial charge in [-0.25, -0.2) is 9.59 Å². The number of urea groups is 1. The first-order chi connectivity index (χ1) is 8.56. The summed E-state index contributed by atoms with van der Waals surface area (Å²) in [6, 6.07) is 1.17. The average Bonchev–Trinajstić information content (AvgIpc) is 2.77. The molecule has 2 N–H and O–H groups in total. The molecule has 1 aromatic heterocycles. The number of aromatic carboxylic acids is 1. The number of unbranched alkanes of at least 4 members (excludes halogenated alkanes) is 1. The van der Waals surface area contributed by atoms with Crippen LogP contribution < -0.4 is 5.32 Å². The minimum atomic E-state index is -1.04. The third-order valence-corrected chi connectivity index (χ3v) is 3.19. The van der Waals surface area contributed by atoms with Gasteiger partial charge in [0.05, 0.1) is 5.56 Å². The molecular formula is C12H16N2O3S. The van der Waals surface area contributed by atoms with E-state index in [0.717, 1.165) is 12.8 Å². The zero-order chi connectivity index (χ0) is 13.5. The number of allylic oxidation sites excluding steroid dienone is 1. The van der Waals surface area contributed by atoms with Crippen molar-refractivity contribution in [3.8, 4) is 0 Å². The van der Waals surface area contributed by atoms with E-state index in [1.807, 2.05) is 0 Å². The highest BCUT2D eigenvalue weighted by atomic mass is 32.1. The number of thiophene rings is 1. The Morgan fingerprint density at radius 3 is 2.94 bits per heavy atom. The van der Waals surface area contributed by atoms with Gasteiger partial charge in [0.2, 0.25) is 0 Å². The van der Waals surface area contributed by atoms with E-state index in [1.165, 1.54) is 22.3 Å². The smallest absolute Gasteiger partial charge is 0.338 e. The van der Waals surface area contributed by atoms with Gasteiger partial charge in [0, 0.05) is 13.6 Å². The molecule has 18 heavy (non-hydrogen) atoms. The topological polar surface area (TPSA) is 69.6 Å². The van der Waals surface area contributed by atoms with Crippen molar-refractivity contribution in [2.45, 2.75) is 12.8 Å². The Labute approximate surface area is 110 Å². The number of carbonyl (C=O) groups is 2. The molecule has 0 aromatic carbocycles. The highest BCUT2D eigenvalue weighted by molar-refractivity contribution is 7.14. The lowest BCUT2D eigenvalue weighted by Crippen LogP contribution is -2.32. The van der Waals surface area contributed by atoms with E-state index in [-0.39, 0.29) is 11.6 Å². The Kier molecular flexibility index (Phi) is 5.38. The number of nitrogens with zero attached hydrogens (tertiary/aromatic N) is 1. The zero-order valence-corrected chi connectivity index (χ0v) is 11.0. The molecule has 0 fully saturated rings. The second kappa shape index (κ2) is 6.80. The molecule has 1 aromatic rings. The number of hydrogen-bond donors (Lipinski definition) is 2. The number of rotatable bonds is 6. The van der Waals surface area contributed by atoms with Crippen molar-refractivity contribution in [2.75, 3.05) is 18.9 Å². The first-order valence-corrected chi connectivity index (χ1v) is 6.38. The maximum atomic E-state index is 11.8. The lowest BCUT2D eigenvalue weighted by molar-refractivity contribution is 0.0698. The van der Waals surface area contributed by atoms with E-state index in [2.05, 4.69) is 11.9 Å². The van der Waals surface area contributed by atoms with Gasteiger partial charge in [-0.05, 0) is 24.3 Å². The molecule has 5 nitrogen and oxygen atoms in total. The van der Waals surface area contributed by atoms with Crippen LogP contribution in [0.25, 0.3) is 0 Å². The fourth-order valence-electron chi connectivity index (χ4n) is 1.34. The SMILES string of the molecule is C=CCCCN(C)C(=O)Nc1sccc1C(=O)O. The largest absolute Gasteiger partial charge is 0.478 e. The predicted molar refractivity (Wildman–Crippen MR) is 72.4 cm³/mol. The molecule has 0 aliphatic carbocycles. The minimum absolute atomic E-state index is 0.118. The molecule has 0 spiro atoms. The predicted octanol–water partition coefficient (Wildman–Crippen LogP) is 2.88. The summed E-state index contributed by atoms with van der Waals surface area (Å²) in [4.78, 5) is 24.2. The highest BCUT2D eigenvalue weighted by Crippen LogP contribution is 2.23. The number of carboxylic acids is 1. The van der Waals surface area contributed by atoms with Crippen molar-refractivity contribution in [3.63, 3.8) is 0 Å². The summed E-state index contributed by atoms with van der Waals surface area (Å²) in [5, 5.41) is 13.5. The maximum Gasteiger partial charge on any atom is 0.338 e. The van der Waals surface area contributed by atoms with E-state index in [0.29, 0.717) is 11.5 Å². The fraction of sp³-hybridized carbons (Fsp3) is 0.333. The number of carbonyl (C=O) groups excluding carboxylic acids is 1. The second-order valence-corrected chi connectivity index (χ2v) is 4.67. The van der Waals surface area contributed by atoms with Gasteiger partial charge in [0.25, 0.3) is 0 Å². The molecule has 0 radical (unpaired) electrons. The first-order valence-electron chi connectivity index (χ1n) is 5.50. The molecule has 0 atom stereocenters. The molecule has 1 heterocycles. The van der Waals surface area contributed by atoms with Crippen LogP contribution in [0.1, 0.15) is 23.2 Å². The minimum Gasteiger partial charge on any atom is -0.478 e. The molecule has 0 saturated heterocycles. The van der Waals surface area contributed by atoms with E-state index in [4.69, 9.17) is 5.11 Å². The average molecular weight is 268 g/mol. The Bertz CT molecular complexity index is 442. The Balaban J connectivity index is 2.55. The van der Waals surface area contributed by atoms with Crippen LogP contribution in [0.15, 0.2) is 24.1 Å². The summed E-state index contributed by atoms with van der Waals surface area (Å²) in [6.45, 7) is 4.21. The molecule has 0 unspecified atom stereocenters. The van der Waals surface area contributed by atoms with Crippen LogP contribution in [0.3, 0.4) is 0 Å². The van der Waals surface area contributed by atoms with E-state index < -0.39 is 5.97 Å². The van der Waals surface area contributed by atoms with Crippen molar-refractivity contribution in [1.82, 2.24) is 4.90 Å². The van der Waals surface area contributed by atoms with E-state index >= 15 is 0 Å². The van der Waals surface area contributed by atoms with Gasteiger partial charge < -0.3 is 10.0 Å². The lowest BCUT2D eigenvalue weighted by atomic mass is 10.3. The normalized spacial score (nSPS) is 9.83. The van der Waals surface area contributed by atoms with Gasteiger partial charge in [0.1, 0.15) is 5.00 Å². The molecule has 98 valence electrons. The van der Waals surface area contributed by atoms with Gasteiger partial charge in [-0.3, -0.25) is 5.32 Å². The molecule has 0 bridgehead atoms. The van der Waals surface area contributed by atoms with Gasteiger partial charge in [-0.1, -0.05) is 6.08 Å². The first kappa shape index (κ1) is 14.2. The Hall–Kier alpha value is -1.82. The number of hydrogen-bond acceptors (Lipinski definition) is 3. The van der Waals surface area contributed by atoms with Gasteiger partial charge in [0.15, 0.2) is 0 Å². The summed E-state index contributed by atoms with van der Waals surface area (Å²) in [5.41, 5.74) is 0.118. The van der Waals surface area contributed by atoms with Crippen LogP contribution >= 0.6 is 11.3 Å². The summed E-state index contributed by atoms with van der Waals surface area (Å²) in [5.74, 6) is -1.04. The molecule has 0 saturated carbocycles. The van der Waals surface area contributed by atoms with Crippen LogP contribution in [-0.4, -0.2) is 35.6 Å². The second-order valence-electron chi connectivity index (χ2n) is 3.75. The van der Waals surface area contributed by atoms with Crippen LogP contribution in [-0.2, 0) is 0 Å². The molecule has 2 amide bonds. The van der Waals surface area contributed by atoms with Crippen LogP contribution in [0.4, 0.5) is 9.80 Å². The highest BCUT2D eigenvalue weighted by Gasteiger charge is 2.15. The van der Waals surface area contributed by atoms with Crippen molar-refractivity contribution < 1.29 is 14.7 Å². The van der Waals surface area contributed by atoms with Crippen molar-refractivity contribution in [2.24, 2.45) is 0 Å². The quantitative estimate of drug-likeness (QED) is 0.615. The van der Waals surface area contributed by atoms with Crippen molar-refractivity contribution in [3.05, 3.63) is 29.7 Å². The van der Waals surface area contributed by atoms with Gasteiger partial charge in [-0.15, -0.1) is 17.9 Å². The monoisotopic (exact) mass is 268 g/mol.